The Balaban J connectivity index is 2.00. The molecule has 0 unspecified atom stereocenters. The SMILES string of the molecule is CCCCCCN(CCCCCC)c1ccc(-c2cnc(C=O)s2)cc1. The van der Waals surface area contributed by atoms with Crippen molar-refractivity contribution in [1.29, 1.82) is 0 Å². The van der Waals surface area contributed by atoms with Crippen LogP contribution in [0.3, 0.4) is 0 Å². The van der Waals surface area contributed by atoms with E-state index in [1.54, 1.807) is 6.20 Å². The second-order valence-corrected chi connectivity index (χ2v) is 7.90. The van der Waals surface area contributed by atoms with Crippen LogP contribution in [-0.4, -0.2) is 24.4 Å². The lowest BCUT2D eigenvalue weighted by molar-refractivity contribution is 0.112. The summed E-state index contributed by atoms with van der Waals surface area (Å²) in [6, 6.07) is 8.75. The van der Waals surface area contributed by atoms with Gasteiger partial charge in [0, 0.05) is 25.0 Å². The van der Waals surface area contributed by atoms with Crippen LogP contribution in [0.1, 0.15) is 75.0 Å². The third kappa shape index (κ3) is 6.56. The molecule has 0 aliphatic rings. The zero-order chi connectivity index (χ0) is 18.6. The first-order chi connectivity index (χ1) is 12.8. The van der Waals surface area contributed by atoms with E-state index >= 15 is 0 Å². The fourth-order valence-electron chi connectivity index (χ4n) is 3.14. The van der Waals surface area contributed by atoms with E-state index in [0.29, 0.717) is 5.01 Å². The summed E-state index contributed by atoms with van der Waals surface area (Å²) >= 11 is 1.45. The van der Waals surface area contributed by atoms with Crippen LogP contribution >= 0.6 is 11.3 Å². The van der Waals surface area contributed by atoms with Crippen LogP contribution in [0.4, 0.5) is 5.69 Å². The Hall–Kier alpha value is -1.68. The van der Waals surface area contributed by atoms with Gasteiger partial charge < -0.3 is 4.90 Å². The number of thiazole rings is 1. The molecular weight excluding hydrogens is 340 g/mol. The number of aromatic nitrogens is 1. The number of hydrogen-bond acceptors (Lipinski definition) is 4. The standard InChI is InChI=1S/C22H32N2OS/c1-3-5-7-9-15-24(16-10-8-6-4-2)20-13-11-19(12-14-20)21-17-23-22(18-25)26-21/h11-14,17-18H,3-10,15-16H2,1-2H3. The van der Waals surface area contributed by atoms with Crippen LogP contribution < -0.4 is 4.90 Å². The average Bonchev–Trinajstić information content (AvgIpc) is 3.16. The number of nitrogens with zero attached hydrogens (tertiary/aromatic N) is 2. The Bertz CT molecular complexity index is 624. The van der Waals surface area contributed by atoms with E-state index in [4.69, 9.17) is 0 Å². The molecule has 0 bridgehead atoms. The van der Waals surface area contributed by atoms with Gasteiger partial charge in [-0.2, -0.15) is 0 Å². The number of rotatable bonds is 13. The van der Waals surface area contributed by atoms with Crippen molar-refractivity contribution < 1.29 is 4.79 Å². The molecule has 0 spiro atoms. The van der Waals surface area contributed by atoms with E-state index in [2.05, 4.69) is 48.0 Å². The van der Waals surface area contributed by atoms with E-state index in [-0.39, 0.29) is 0 Å². The zero-order valence-corrected chi connectivity index (χ0v) is 17.1. The summed E-state index contributed by atoms with van der Waals surface area (Å²) in [7, 11) is 0. The second kappa shape index (κ2) is 11.8. The second-order valence-electron chi connectivity index (χ2n) is 6.84. The quantitative estimate of drug-likeness (QED) is 0.294. The highest BCUT2D eigenvalue weighted by Crippen LogP contribution is 2.28. The summed E-state index contributed by atoms with van der Waals surface area (Å²) in [5.74, 6) is 0. The van der Waals surface area contributed by atoms with Crippen molar-refractivity contribution in [3.63, 3.8) is 0 Å². The summed E-state index contributed by atoms with van der Waals surface area (Å²) in [4.78, 5) is 18.5. The maximum absolute atomic E-state index is 10.8. The molecule has 2 aromatic rings. The zero-order valence-electron chi connectivity index (χ0n) is 16.2. The van der Waals surface area contributed by atoms with Crippen molar-refractivity contribution in [1.82, 2.24) is 4.98 Å². The number of hydrogen-bond donors (Lipinski definition) is 0. The Morgan fingerprint density at radius 2 is 1.54 bits per heavy atom. The van der Waals surface area contributed by atoms with Gasteiger partial charge in [0.1, 0.15) is 0 Å². The lowest BCUT2D eigenvalue weighted by atomic mass is 10.1. The van der Waals surface area contributed by atoms with Crippen LogP contribution in [0.2, 0.25) is 0 Å². The molecule has 4 heteroatoms. The van der Waals surface area contributed by atoms with Gasteiger partial charge >= 0.3 is 0 Å². The van der Waals surface area contributed by atoms with Crippen LogP contribution in [0, 0.1) is 0 Å². The maximum atomic E-state index is 10.8. The molecular formula is C22H32N2OS. The van der Waals surface area contributed by atoms with Crippen LogP contribution in [0.15, 0.2) is 30.5 Å². The maximum Gasteiger partial charge on any atom is 0.178 e. The van der Waals surface area contributed by atoms with E-state index in [1.807, 2.05) is 0 Å². The van der Waals surface area contributed by atoms with Crippen molar-refractivity contribution in [3.8, 4) is 10.4 Å². The highest BCUT2D eigenvalue weighted by molar-refractivity contribution is 7.16. The Labute approximate surface area is 162 Å². The van der Waals surface area contributed by atoms with Crippen molar-refractivity contribution in [2.24, 2.45) is 0 Å². The Kier molecular flexibility index (Phi) is 9.40. The number of unbranched alkanes of at least 4 members (excludes halogenated alkanes) is 6. The molecule has 0 saturated carbocycles. The van der Waals surface area contributed by atoms with E-state index < -0.39 is 0 Å². The highest BCUT2D eigenvalue weighted by Gasteiger charge is 2.08. The van der Waals surface area contributed by atoms with Crippen LogP contribution in [0.5, 0.6) is 0 Å². The van der Waals surface area contributed by atoms with Gasteiger partial charge in [-0.25, -0.2) is 4.98 Å². The number of aldehydes is 1. The van der Waals surface area contributed by atoms with E-state index in [9.17, 15) is 4.79 Å². The van der Waals surface area contributed by atoms with Gasteiger partial charge in [0.2, 0.25) is 0 Å². The molecule has 1 aromatic carbocycles. The minimum absolute atomic E-state index is 0.539. The van der Waals surface area contributed by atoms with Crippen LogP contribution in [-0.2, 0) is 0 Å². The summed E-state index contributed by atoms with van der Waals surface area (Å²) in [6.45, 7) is 6.80. The summed E-state index contributed by atoms with van der Waals surface area (Å²) in [6.07, 6.45) is 13.0. The first-order valence-electron chi connectivity index (χ1n) is 10.0. The van der Waals surface area contributed by atoms with Gasteiger partial charge in [0.25, 0.3) is 0 Å². The smallest absolute Gasteiger partial charge is 0.178 e. The first kappa shape index (κ1) is 20.6. The lowest BCUT2D eigenvalue weighted by Crippen LogP contribution is -2.25. The van der Waals surface area contributed by atoms with Gasteiger partial charge in [-0.15, -0.1) is 11.3 Å². The minimum atomic E-state index is 0.539. The summed E-state index contributed by atoms with van der Waals surface area (Å²) in [5.41, 5.74) is 2.44. The average molecular weight is 373 g/mol. The largest absolute Gasteiger partial charge is 0.372 e. The molecule has 3 nitrogen and oxygen atoms in total. The lowest BCUT2D eigenvalue weighted by Gasteiger charge is -2.25. The molecule has 0 fully saturated rings. The van der Waals surface area contributed by atoms with E-state index in [1.165, 1.54) is 68.4 Å². The molecule has 0 atom stereocenters. The molecule has 1 heterocycles. The van der Waals surface area contributed by atoms with E-state index in [0.717, 1.165) is 29.8 Å². The molecule has 2 rings (SSSR count). The molecule has 0 saturated heterocycles. The fraction of sp³-hybridized carbons (Fsp3) is 0.545. The number of benzene rings is 1. The van der Waals surface area contributed by atoms with Crippen molar-refractivity contribution in [2.45, 2.75) is 65.2 Å². The molecule has 142 valence electrons. The Morgan fingerprint density at radius 1 is 0.923 bits per heavy atom. The molecule has 26 heavy (non-hydrogen) atoms. The molecule has 0 N–H and O–H groups in total. The van der Waals surface area contributed by atoms with Gasteiger partial charge in [-0.1, -0.05) is 64.5 Å². The monoisotopic (exact) mass is 372 g/mol. The predicted octanol–water partition coefficient (Wildman–Crippen LogP) is 6.59. The molecule has 0 radical (unpaired) electrons. The first-order valence-corrected chi connectivity index (χ1v) is 10.9. The highest BCUT2D eigenvalue weighted by atomic mass is 32.1. The van der Waals surface area contributed by atoms with Crippen molar-refractivity contribution >= 4 is 23.3 Å². The predicted molar refractivity (Wildman–Crippen MR) is 113 cm³/mol. The minimum Gasteiger partial charge on any atom is -0.372 e. The number of carbonyl (C=O) groups is 1. The molecule has 0 amide bonds. The number of carbonyl (C=O) groups excluding carboxylic acids is 1. The molecule has 0 aliphatic carbocycles. The topological polar surface area (TPSA) is 33.2 Å². The third-order valence-electron chi connectivity index (χ3n) is 4.70. The van der Waals surface area contributed by atoms with Gasteiger partial charge in [-0.05, 0) is 30.5 Å². The summed E-state index contributed by atoms with van der Waals surface area (Å²) < 4.78 is 0. The van der Waals surface area contributed by atoms with Crippen LogP contribution in [0.25, 0.3) is 10.4 Å². The Morgan fingerprint density at radius 3 is 2.04 bits per heavy atom. The molecule has 0 aliphatic heterocycles. The van der Waals surface area contributed by atoms with Gasteiger partial charge in [-0.3, -0.25) is 4.79 Å². The summed E-state index contributed by atoms with van der Waals surface area (Å²) in [5, 5.41) is 0.539. The van der Waals surface area contributed by atoms with Gasteiger partial charge in [0.05, 0.1) is 4.88 Å². The number of anilines is 1. The van der Waals surface area contributed by atoms with Crippen molar-refractivity contribution in [3.05, 3.63) is 35.5 Å². The van der Waals surface area contributed by atoms with Gasteiger partial charge in [0.15, 0.2) is 11.3 Å². The fourth-order valence-corrected chi connectivity index (χ4v) is 3.88. The normalized spacial score (nSPS) is 10.8. The van der Waals surface area contributed by atoms with Crippen molar-refractivity contribution in [2.75, 3.05) is 18.0 Å². The molecule has 1 aromatic heterocycles. The third-order valence-corrected chi connectivity index (χ3v) is 5.68.